The minimum absolute atomic E-state index is 0.0629. The predicted molar refractivity (Wildman–Crippen MR) is 97.5 cm³/mol. The molecule has 0 bridgehead atoms. The van der Waals surface area contributed by atoms with Gasteiger partial charge in [-0.25, -0.2) is 0 Å². The van der Waals surface area contributed by atoms with E-state index in [-0.39, 0.29) is 5.91 Å². The Hall–Kier alpha value is -2.25. The van der Waals surface area contributed by atoms with Crippen LogP contribution in [0.4, 0.5) is 0 Å². The van der Waals surface area contributed by atoms with Crippen LogP contribution in [0.15, 0.2) is 34.7 Å². The molecule has 2 aromatic rings. The fourth-order valence-electron chi connectivity index (χ4n) is 2.95. The van der Waals surface area contributed by atoms with Crippen molar-refractivity contribution in [2.24, 2.45) is 0 Å². The Morgan fingerprint density at radius 1 is 1.23 bits per heavy atom. The highest BCUT2D eigenvalue weighted by Crippen LogP contribution is 2.17. The summed E-state index contributed by atoms with van der Waals surface area (Å²) in [5, 5.41) is 11.1. The summed E-state index contributed by atoms with van der Waals surface area (Å²) >= 11 is 0. The molecule has 1 saturated heterocycles. The largest absolute Gasteiger partial charge is 0.421 e. The van der Waals surface area contributed by atoms with Gasteiger partial charge in [0.1, 0.15) is 0 Å². The number of aromatic nitrogens is 2. The average Bonchev–Trinajstić information content (AvgIpc) is 3.16. The number of carbonyl (C=O) groups excluding carboxylic acids is 1. The van der Waals surface area contributed by atoms with Gasteiger partial charge in [0.25, 0.3) is 0 Å². The molecule has 1 aromatic carbocycles. The number of morpholine rings is 1. The summed E-state index contributed by atoms with van der Waals surface area (Å²) in [5.74, 6) is 1.15. The third-order valence-corrected chi connectivity index (χ3v) is 4.55. The maximum Gasteiger partial charge on any atom is 0.247 e. The monoisotopic (exact) mass is 358 g/mol. The van der Waals surface area contributed by atoms with Gasteiger partial charge in [-0.3, -0.25) is 9.69 Å². The first-order valence-corrected chi connectivity index (χ1v) is 9.18. The maximum atomic E-state index is 12.0. The van der Waals surface area contributed by atoms with Crippen molar-refractivity contribution in [3.8, 4) is 11.5 Å². The zero-order valence-electron chi connectivity index (χ0n) is 15.2. The molecule has 1 amide bonds. The lowest BCUT2D eigenvalue weighted by molar-refractivity contribution is -0.121. The molecule has 1 N–H and O–H groups in total. The Balaban J connectivity index is 1.35. The van der Waals surface area contributed by atoms with Crippen molar-refractivity contribution in [3.05, 3.63) is 36.2 Å². The number of nitrogens with zero attached hydrogens (tertiary/aromatic N) is 3. The van der Waals surface area contributed by atoms with Gasteiger partial charge < -0.3 is 14.5 Å². The van der Waals surface area contributed by atoms with Gasteiger partial charge in [0.2, 0.25) is 17.7 Å². The number of rotatable bonds is 8. The number of hydrogen-bond acceptors (Lipinski definition) is 6. The molecule has 1 unspecified atom stereocenters. The highest BCUT2D eigenvalue weighted by atomic mass is 16.5. The molecule has 1 atom stereocenters. The van der Waals surface area contributed by atoms with Crippen molar-refractivity contribution in [2.75, 3.05) is 32.8 Å². The van der Waals surface area contributed by atoms with Crippen LogP contribution < -0.4 is 5.32 Å². The lowest BCUT2D eigenvalue weighted by atomic mass is 10.2. The van der Waals surface area contributed by atoms with Crippen LogP contribution in [0.25, 0.3) is 11.5 Å². The van der Waals surface area contributed by atoms with E-state index in [1.807, 2.05) is 30.3 Å². The van der Waals surface area contributed by atoms with Gasteiger partial charge >= 0.3 is 0 Å². The number of hydrogen-bond donors (Lipinski definition) is 1. The van der Waals surface area contributed by atoms with Gasteiger partial charge in [-0.05, 0) is 25.5 Å². The van der Waals surface area contributed by atoms with E-state index in [4.69, 9.17) is 9.15 Å². The first-order valence-electron chi connectivity index (χ1n) is 9.18. The summed E-state index contributed by atoms with van der Waals surface area (Å²) in [6.07, 6.45) is 1.75. The first-order chi connectivity index (χ1) is 12.7. The summed E-state index contributed by atoms with van der Waals surface area (Å²) in [7, 11) is 0. The summed E-state index contributed by atoms with van der Waals surface area (Å²) < 4.78 is 11.0. The van der Waals surface area contributed by atoms with Crippen molar-refractivity contribution in [1.82, 2.24) is 20.4 Å². The molecule has 1 fully saturated rings. The minimum Gasteiger partial charge on any atom is -0.421 e. The van der Waals surface area contributed by atoms with E-state index in [1.165, 1.54) is 0 Å². The van der Waals surface area contributed by atoms with Gasteiger partial charge in [-0.15, -0.1) is 10.2 Å². The molecule has 2 heterocycles. The highest BCUT2D eigenvalue weighted by Gasteiger charge is 2.17. The highest BCUT2D eigenvalue weighted by molar-refractivity contribution is 5.75. The van der Waals surface area contributed by atoms with Gasteiger partial charge in [0.15, 0.2) is 0 Å². The number of carbonyl (C=O) groups is 1. The summed E-state index contributed by atoms with van der Waals surface area (Å²) in [6.45, 7) is 6.20. The van der Waals surface area contributed by atoms with Crippen LogP contribution >= 0.6 is 0 Å². The molecule has 0 saturated carbocycles. The van der Waals surface area contributed by atoms with Gasteiger partial charge in [-0.1, -0.05) is 18.2 Å². The molecule has 0 spiro atoms. The van der Waals surface area contributed by atoms with Crippen LogP contribution in [-0.2, 0) is 16.0 Å². The van der Waals surface area contributed by atoms with E-state index >= 15 is 0 Å². The van der Waals surface area contributed by atoms with Crippen molar-refractivity contribution in [2.45, 2.75) is 32.2 Å². The smallest absolute Gasteiger partial charge is 0.247 e. The molecule has 0 aliphatic carbocycles. The van der Waals surface area contributed by atoms with Gasteiger partial charge in [-0.2, -0.15) is 0 Å². The molecule has 3 rings (SSSR count). The first kappa shape index (κ1) is 18.5. The number of ether oxygens (including phenoxy) is 1. The third kappa shape index (κ3) is 5.37. The van der Waals surface area contributed by atoms with E-state index < -0.39 is 0 Å². The van der Waals surface area contributed by atoms with E-state index in [0.717, 1.165) is 31.9 Å². The van der Waals surface area contributed by atoms with E-state index in [0.29, 0.717) is 43.6 Å². The van der Waals surface area contributed by atoms with Crippen LogP contribution in [0.3, 0.4) is 0 Å². The molecule has 7 nitrogen and oxygen atoms in total. The quantitative estimate of drug-likeness (QED) is 0.776. The lowest BCUT2D eigenvalue weighted by Crippen LogP contribution is -2.47. The van der Waals surface area contributed by atoms with Crippen molar-refractivity contribution in [3.63, 3.8) is 0 Å². The van der Waals surface area contributed by atoms with E-state index in [2.05, 4.69) is 27.3 Å². The maximum absolute atomic E-state index is 12.0. The molecule has 7 heteroatoms. The van der Waals surface area contributed by atoms with Crippen LogP contribution in [0.2, 0.25) is 0 Å². The molecule has 1 aromatic heterocycles. The van der Waals surface area contributed by atoms with E-state index in [1.54, 1.807) is 0 Å². The Bertz CT molecular complexity index is 683. The fraction of sp³-hybridized carbons (Fsp3) is 0.526. The van der Waals surface area contributed by atoms with Crippen LogP contribution in [0.5, 0.6) is 0 Å². The van der Waals surface area contributed by atoms with Crippen LogP contribution in [0, 0.1) is 0 Å². The third-order valence-electron chi connectivity index (χ3n) is 4.55. The predicted octanol–water partition coefficient (Wildman–Crippen LogP) is 1.90. The van der Waals surface area contributed by atoms with Gasteiger partial charge in [0, 0.05) is 44.1 Å². The second-order valence-corrected chi connectivity index (χ2v) is 6.52. The second-order valence-electron chi connectivity index (χ2n) is 6.52. The fourth-order valence-corrected chi connectivity index (χ4v) is 2.95. The summed E-state index contributed by atoms with van der Waals surface area (Å²) in [5.41, 5.74) is 0.904. The molecular weight excluding hydrogens is 332 g/mol. The number of nitrogens with one attached hydrogen (secondary N) is 1. The standard InChI is InChI=1S/C19H26N4O3/c1-15(23-10-12-25-13-11-23)14-20-17(24)8-5-9-18-21-22-19(26-18)16-6-3-2-4-7-16/h2-4,6-7,15H,5,8-14H2,1H3,(H,20,24). The molecular formula is C19H26N4O3. The molecule has 26 heavy (non-hydrogen) atoms. The molecule has 0 radical (unpaired) electrons. The van der Waals surface area contributed by atoms with E-state index in [9.17, 15) is 4.79 Å². The Labute approximate surface area is 153 Å². The number of amides is 1. The average molecular weight is 358 g/mol. The molecule has 140 valence electrons. The molecule has 1 aliphatic rings. The lowest BCUT2D eigenvalue weighted by Gasteiger charge is -2.32. The SMILES string of the molecule is CC(CNC(=O)CCCc1nnc(-c2ccccc2)o1)N1CCOCC1. The zero-order valence-corrected chi connectivity index (χ0v) is 15.2. The second kappa shape index (κ2) is 9.45. The number of benzene rings is 1. The van der Waals surface area contributed by atoms with Crippen LogP contribution in [-0.4, -0.2) is 59.9 Å². The minimum atomic E-state index is 0.0629. The van der Waals surface area contributed by atoms with Gasteiger partial charge in [0.05, 0.1) is 13.2 Å². The topological polar surface area (TPSA) is 80.5 Å². The van der Waals surface area contributed by atoms with Crippen molar-refractivity contribution < 1.29 is 13.9 Å². The summed E-state index contributed by atoms with van der Waals surface area (Å²) in [4.78, 5) is 14.4. The van der Waals surface area contributed by atoms with Crippen molar-refractivity contribution >= 4 is 5.91 Å². The zero-order chi connectivity index (χ0) is 18.2. The van der Waals surface area contributed by atoms with Crippen LogP contribution in [0.1, 0.15) is 25.7 Å². The molecule has 1 aliphatic heterocycles. The Kier molecular flexibility index (Phi) is 6.74. The number of aryl methyl sites for hydroxylation is 1. The Morgan fingerprint density at radius 3 is 2.77 bits per heavy atom. The Morgan fingerprint density at radius 2 is 2.00 bits per heavy atom. The van der Waals surface area contributed by atoms with Crippen molar-refractivity contribution in [1.29, 1.82) is 0 Å². The summed E-state index contributed by atoms with van der Waals surface area (Å²) in [6, 6.07) is 10.00. The normalized spacial score (nSPS) is 16.3.